The van der Waals surface area contributed by atoms with Gasteiger partial charge in [-0.25, -0.2) is 0 Å². The van der Waals surface area contributed by atoms with Crippen molar-refractivity contribution in [1.82, 2.24) is 10.6 Å². The molecule has 0 heterocycles. The number of carbonyl (C=O) groups excluding carboxylic acids is 1. The van der Waals surface area contributed by atoms with E-state index < -0.39 is 0 Å². The summed E-state index contributed by atoms with van der Waals surface area (Å²) < 4.78 is 0. The van der Waals surface area contributed by atoms with Gasteiger partial charge in [-0.2, -0.15) is 0 Å². The molecule has 15 heavy (non-hydrogen) atoms. The van der Waals surface area contributed by atoms with E-state index in [0.29, 0.717) is 17.8 Å². The first-order valence-electron chi connectivity index (χ1n) is 5.79. The van der Waals surface area contributed by atoms with Crippen LogP contribution in [0.3, 0.4) is 0 Å². The third-order valence-electron chi connectivity index (χ3n) is 2.97. The molecule has 3 nitrogen and oxygen atoms in total. The molecule has 3 heteroatoms. The molecule has 0 fully saturated rings. The maximum absolute atomic E-state index is 10.9. The first-order valence-corrected chi connectivity index (χ1v) is 5.79. The predicted molar refractivity (Wildman–Crippen MR) is 64.8 cm³/mol. The van der Waals surface area contributed by atoms with Gasteiger partial charge in [0.15, 0.2) is 0 Å². The summed E-state index contributed by atoms with van der Waals surface area (Å²) in [5.41, 5.74) is 0.355. The monoisotopic (exact) mass is 214 g/mol. The van der Waals surface area contributed by atoms with Crippen molar-refractivity contribution in [3.63, 3.8) is 0 Å². The highest BCUT2D eigenvalue weighted by Crippen LogP contribution is 2.24. The summed E-state index contributed by atoms with van der Waals surface area (Å²) in [6, 6.07) is 0. The fourth-order valence-electron chi connectivity index (χ4n) is 1.12. The Balaban J connectivity index is 3.43. The zero-order chi connectivity index (χ0) is 11.9. The van der Waals surface area contributed by atoms with E-state index in [0.717, 1.165) is 19.5 Å². The lowest BCUT2D eigenvalue weighted by molar-refractivity contribution is -0.120. The largest absolute Gasteiger partial charge is 0.359 e. The van der Waals surface area contributed by atoms with Crippen molar-refractivity contribution >= 4 is 5.91 Å². The molecule has 0 saturated carbocycles. The van der Waals surface area contributed by atoms with Crippen LogP contribution in [-0.4, -0.2) is 26.0 Å². The second-order valence-corrected chi connectivity index (χ2v) is 5.25. The van der Waals surface area contributed by atoms with Gasteiger partial charge in [-0.15, -0.1) is 0 Å². The molecule has 90 valence electrons. The molecule has 0 saturated heterocycles. The van der Waals surface area contributed by atoms with Gasteiger partial charge in [-0.3, -0.25) is 4.79 Å². The average molecular weight is 214 g/mol. The lowest BCUT2D eigenvalue weighted by atomic mass is 9.82. The molecule has 1 amide bonds. The van der Waals surface area contributed by atoms with Crippen molar-refractivity contribution in [1.29, 1.82) is 0 Å². The number of amides is 1. The molecule has 0 aromatic heterocycles. The van der Waals surface area contributed by atoms with Crippen LogP contribution in [0, 0.1) is 11.3 Å². The normalized spacial score (nSPS) is 13.7. The molecule has 1 atom stereocenters. The summed E-state index contributed by atoms with van der Waals surface area (Å²) in [5, 5.41) is 6.01. The van der Waals surface area contributed by atoms with Gasteiger partial charge in [0.05, 0.1) is 0 Å². The van der Waals surface area contributed by atoms with Crippen LogP contribution in [0.5, 0.6) is 0 Å². The maximum atomic E-state index is 10.9. The molecule has 0 aliphatic rings. The molecule has 0 aromatic rings. The average Bonchev–Trinajstić information content (AvgIpc) is 2.15. The summed E-state index contributed by atoms with van der Waals surface area (Å²) >= 11 is 0. The highest BCUT2D eigenvalue weighted by molar-refractivity contribution is 5.75. The number of nitrogens with one attached hydrogen (secondary N) is 2. The fraction of sp³-hybridized carbons (Fsp3) is 0.917. The third kappa shape index (κ3) is 7.37. The van der Waals surface area contributed by atoms with Gasteiger partial charge in [0.2, 0.25) is 5.91 Å². The van der Waals surface area contributed by atoms with Crippen molar-refractivity contribution in [2.45, 2.75) is 40.5 Å². The number of hydrogen-bond acceptors (Lipinski definition) is 2. The van der Waals surface area contributed by atoms with E-state index in [-0.39, 0.29) is 5.91 Å². The van der Waals surface area contributed by atoms with E-state index in [1.807, 2.05) is 0 Å². The van der Waals surface area contributed by atoms with E-state index in [4.69, 9.17) is 0 Å². The molecule has 2 N–H and O–H groups in total. The number of rotatable bonds is 6. The number of carbonyl (C=O) groups is 1. The zero-order valence-corrected chi connectivity index (χ0v) is 10.8. The van der Waals surface area contributed by atoms with Gasteiger partial charge in [0, 0.05) is 13.5 Å². The molecule has 0 spiro atoms. The van der Waals surface area contributed by atoms with Crippen molar-refractivity contribution in [3.05, 3.63) is 0 Å². The molecule has 0 aromatic carbocycles. The molecular formula is C12H26N2O. The quantitative estimate of drug-likeness (QED) is 0.662. The standard InChI is InChI=1S/C12H26N2O/c1-10(12(2,3)4)9-14-8-6-7-11(15)13-5/h10,14H,6-9H2,1-5H3,(H,13,15). The predicted octanol–water partition coefficient (Wildman–Crippen LogP) is 1.78. The smallest absolute Gasteiger partial charge is 0.219 e. The van der Waals surface area contributed by atoms with Crippen LogP contribution in [0.4, 0.5) is 0 Å². The Morgan fingerprint density at radius 3 is 2.40 bits per heavy atom. The van der Waals surface area contributed by atoms with Gasteiger partial charge in [0.25, 0.3) is 0 Å². The van der Waals surface area contributed by atoms with Gasteiger partial charge >= 0.3 is 0 Å². The minimum Gasteiger partial charge on any atom is -0.359 e. The highest BCUT2D eigenvalue weighted by Gasteiger charge is 2.18. The molecule has 0 bridgehead atoms. The Morgan fingerprint density at radius 2 is 1.93 bits per heavy atom. The van der Waals surface area contributed by atoms with Gasteiger partial charge in [-0.1, -0.05) is 27.7 Å². The van der Waals surface area contributed by atoms with E-state index in [2.05, 4.69) is 38.3 Å². The minimum atomic E-state index is 0.126. The van der Waals surface area contributed by atoms with Gasteiger partial charge in [-0.05, 0) is 30.8 Å². The topological polar surface area (TPSA) is 41.1 Å². The second-order valence-electron chi connectivity index (χ2n) is 5.25. The number of hydrogen-bond donors (Lipinski definition) is 2. The summed E-state index contributed by atoms with van der Waals surface area (Å²) in [6.07, 6.45) is 1.53. The van der Waals surface area contributed by atoms with Crippen molar-refractivity contribution in [2.24, 2.45) is 11.3 Å². The first-order chi connectivity index (χ1) is 6.88. The zero-order valence-electron chi connectivity index (χ0n) is 10.8. The molecule has 0 aliphatic heterocycles. The molecule has 1 unspecified atom stereocenters. The van der Waals surface area contributed by atoms with Crippen LogP contribution in [0.1, 0.15) is 40.5 Å². The lowest BCUT2D eigenvalue weighted by Gasteiger charge is -2.27. The van der Waals surface area contributed by atoms with Crippen LogP contribution >= 0.6 is 0 Å². The van der Waals surface area contributed by atoms with Crippen molar-refractivity contribution in [2.75, 3.05) is 20.1 Å². The summed E-state index contributed by atoms with van der Waals surface area (Å²) in [4.78, 5) is 10.9. The van der Waals surface area contributed by atoms with E-state index >= 15 is 0 Å². The molecule has 0 radical (unpaired) electrons. The van der Waals surface area contributed by atoms with Crippen LogP contribution in [0.25, 0.3) is 0 Å². The van der Waals surface area contributed by atoms with Crippen LogP contribution in [0.15, 0.2) is 0 Å². The lowest BCUT2D eigenvalue weighted by Crippen LogP contribution is -2.30. The first kappa shape index (κ1) is 14.4. The molecule has 0 rings (SSSR count). The van der Waals surface area contributed by atoms with Crippen LogP contribution < -0.4 is 10.6 Å². The van der Waals surface area contributed by atoms with Gasteiger partial charge in [0.1, 0.15) is 0 Å². The second kappa shape index (κ2) is 6.83. The summed E-state index contributed by atoms with van der Waals surface area (Å²) in [5.74, 6) is 0.776. The Morgan fingerprint density at radius 1 is 1.33 bits per heavy atom. The SMILES string of the molecule is CNC(=O)CCCNCC(C)C(C)(C)C. The van der Waals surface area contributed by atoms with E-state index in [9.17, 15) is 4.79 Å². The van der Waals surface area contributed by atoms with Crippen LogP contribution in [-0.2, 0) is 4.79 Å². The summed E-state index contributed by atoms with van der Waals surface area (Å²) in [6.45, 7) is 11.0. The maximum Gasteiger partial charge on any atom is 0.219 e. The van der Waals surface area contributed by atoms with Gasteiger partial charge < -0.3 is 10.6 Å². The van der Waals surface area contributed by atoms with Crippen molar-refractivity contribution < 1.29 is 4.79 Å². The molecule has 0 aliphatic carbocycles. The van der Waals surface area contributed by atoms with E-state index in [1.165, 1.54) is 0 Å². The summed E-state index contributed by atoms with van der Waals surface area (Å²) in [7, 11) is 1.68. The fourth-order valence-corrected chi connectivity index (χ4v) is 1.12. The minimum absolute atomic E-state index is 0.126. The third-order valence-corrected chi connectivity index (χ3v) is 2.97. The Bertz CT molecular complexity index is 185. The van der Waals surface area contributed by atoms with Crippen molar-refractivity contribution in [3.8, 4) is 0 Å². The Kier molecular flexibility index (Phi) is 6.57. The Labute approximate surface area is 94.0 Å². The van der Waals surface area contributed by atoms with E-state index in [1.54, 1.807) is 7.05 Å². The molecular weight excluding hydrogens is 188 g/mol. The Hall–Kier alpha value is -0.570. The van der Waals surface area contributed by atoms with Crippen LogP contribution in [0.2, 0.25) is 0 Å². The highest BCUT2D eigenvalue weighted by atomic mass is 16.1.